The molecule has 0 amide bonds. The van der Waals surface area contributed by atoms with Gasteiger partial charge in [0.15, 0.2) is 0 Å². The molecule has 0 saturated carbocycles. The maximum atomic E-state index is 11.5. The number of non-ortho nitro benzene ring substituents is 2. The van der Waals surface area contributed by atoms with Gasteiger partial charge in [-0.3, -0.25) is 20.2 Å². The van der Waals surface area contributed by atoms with Crippen LogP contribution in [0.25, 0.3) is 0 Å². The molecule has 0 spiro atoms. The molecule has 37 heavy (non-hydrogen) atoms. The quantitative estimate of drug-likeness (QED) is 0.336. The minimum absolute atomic E-state index is 0.0781. The van der Waals surface area contributed by atoms with Crippen LogP contribution in [0.3, 0.4) is 0 Å². The van der Waals surface area contributed by atoms with E-state index in [9.17, 15) is 29.8 Å². The van der Waals surface area contributed by atoms with Gasteiger partial charge in [-0.15, -0.1) is 0 Å². The normalized spacial score (nSPS) is 15.3. The summed E-state index contributed by atoms with van der Waals surface area (Å²) in [5.41, 5.74) is 0.951. The molecule has 2 aromatic carbocycles. The number of benzene rings is 2. The molecule has 0 unspecified atom stereocenters. The number of rotatable bonds is 6. The average Bonchev–Trinajstić information content (AvgIpc) is 2.93. The molecule has 14 nitrogen and oxygen atoms in total. The standard InChI is InChI=1S/C12H14N2O5.C11H12N2O5/c1-18-12(15)9-6-10(8-11(7-9)14(16)17)13-2-4-19-5-3-13;14-11(15)8-5-9(7-10(6-8)13(16)17)12-1-3-18-4-2-12/h6-8H,2-5H2,1H3;5-7H,1-4H2,(H,14,15). The van der Waals surface area contributed by atoms with Gasteiger partial charge in [0.2, 0.25) is 0 Å². The number of nitrogens with zero attached hydrogens (tertiary/aromatic N) is 4. The van der Waals surface area contributed by atoms with Crippen LogP contribution in [-0.2, 0) is 14.2 Å². The number of aromatic carboxylic acids is 1. The maximum Gasteiger partial charge on any atom is 0.338 e. The summed E-state index contributed by atoms with van der Waals surface area (Å²) in [5.74, 6) is -1.76. The molecule has 0 aliphatic carbocycles. The first-order valence-electron chi connectivity index (χ1n) is 11.3. The number of methoxy groups -OCH3 is 1. The summed E-state index contributed by atoms with van der Waals surface area (Å²) in [4.78, 5) is 46.9. The molecular weight excluding hydrogens is 492 g/mol. The summed E-state index contributed by atoms with van der Waals surface area (Å²) in [7, 11) is 1.25. The largest absolute Gasteiger partial charge is 0.478 e. The summed E-state index contributed by atoms with van der Waals surface area (Å²) in [6, 6.07) is 8.17. The summed E-state index contributed by atoms with van der Waals surface area (Å²) in [6.45, 7) is 4.67. The molecule has 0 aromatic heterocycles. The van der Waals surface area contributed by atoms with Crippen molar-refractivity contribution in [2.24, 2.45) is 0 Å². The lowest BCUT2D eigenvalue weighted by Gasteiger charge is -2.28. The Labute approximate surface area is 211 Å². The summed E-state index contributed by atoms with van der Waals surface area (Å²) >= 11 is 0. The number of carboxylic acid groups (broad SMARTS) is 1. The smallest absolute Gasteiger partial charge is 0.338 e. The Morgan fingerprint density at radius 1 is 0.784 bits per heavy atom. The summed E-state index contributed by atoms with van der Waals surface area (Å²) < 4.78 is 15.0. The Morgan fingerprint density at radius 2 is 1.19 bits per heavy atom. The monoisotopic (exact) mass is 518 g/mol. The Balaban J connectivity index is 0.000000206. The Morgan fingerprint density at radius 3 is 1.57 bits per heavy atom. The van der Waals surface area contributed by atoms with Crippen LogP contribution in [0.15, 0.2) is 36.4 Å². The number of nitro groups is 2. The molecule has 0 radical (unpaired) electrons. The number of hydrogen-bond acceptors (Lipinski definition) is 11. The number of morpholine rings is 2. The molecule has 14 heteroatoms. The highest BCUT2D eigenvalue weighted by Gasteiger charge is 2.20. The Kier molecular flexibility index (Phi) is 9.29. The number of ether oxygens (including phenoxy) is 3. The lowest BCUT2D eigenvalue weighted by Crippen LogP contribution is -2.36. The lowest BCUT2D eigenvalue weighted by molar-refractivity contribution is -0.385. The van der Waals surface area contributed by atoms with Crippen molar-refractivity contribution >= 4 is 34.7 Å². The van der Waals surface area contributed by atoms with E-state index in [1.54, 1.807) is 6.07 Å². The average molecular weight is 518 g/mol. The minimum Gasteiger partial charge on any atom is -0.478 e. The number of anilines is 2. The molecular formula is C23H26N4O10. The molecule has 2 saturated heterocycles. The van der Waals surface area contributed by atoms with Gasteiger partial charge in [-0.25, -0.2) is 9.59 Å². The van der Waals surface area contributed by atoms with Gasteiger partial charge in [-0.2, -0.15) is 0 Å². The van der Waals surface area contributed by atoms with Gasteiger partial charge >= 0.3 is 11.9 Å². The molecule has 2 fully saturated rings. The fourth-order valence-electron chi connectivity index (χ4n) is 3.77. The lowest BCUT2D eigenvalue weighted by atomic mass is 10.1. The minimum atomic E-state index is -1.17. The van der Waals surface area contributed by atoms with Crippen molar-refractivity contribution in [1.82, 2.24) is 0 Å². The highest BCUT2D eigenvalue weighted by Crippen LogP contribution is 2.26. The first kappa shape index (κ1) is 27.3. The van der Waals surface area contributed by atoms with Gasteiger partial charge in [0.1, 0.15) is 0 Å². The van der Waals surface area contributed by atoms with E-state index >= 15 is 0 Å². The molecule has 1 N–H and O–H groups in total. The van der Waals surface area contributed by atoms with Crippen LogP contribution >= 0.6 is 0 Å². The second-order valence-electron chi connectivity index (χ2n) is 7.99. The van der Waals surface area contributed by atoms with Gasteiger partial charge in [0.25, 0.3) is 11.4 Å². The van der Waals surface area contributed by atoms with Crippen LogP contribution in [0.5, 0.6) is 0 Å². The SMILES string of the molecule is COC(=O)c1cc(N2CCOCC2)cc([N+](=O)[O-])c1.O=C(O)c1cc(N2CCOCC2)cc([N+](=O)[O-])c1. The number of hydrogen-bond donors (Lipinski definition) is 1. The molecule has 198 valence electrons. The molecule has 0 atom stereocenters. The molecule has 2 aromatic rings. The van der Waals surface area contributed by atoms with Crippen molar-refractivity contribution in [2.75, 3.05) is 69.5 Å². The van der Waals surface area contributed by atoms with Crippen LogP contribution in [0.2, 0.25) is 0 Å². The van der Waals surface area contributed by atoms with E-state index in [-0.39, 0.29) is 22.5 Å². The van der Waals surface area contributed by atoms with E-state index in [1.165, 1.54) is 31.4 Å². The number of carboxylic acids is 1. The van der Waals surface area contributed by atoms with E-state index in [2.05, 4.69) is 4.74 Å². The molecule has 0 bridgehead atoms. The number of nitro benzene ring substituents is 2. The zero-order valence-corrected chi connectivity index (χ0v) is 20.0. The van der Waals surface area contributed by atoms with Crippen molar-refractivity contribution in [2.45, 2.75) is 0 Å². The number of esters is 1. The van der Waals surface area contributed by atoms with Gasteiger partial charge in [0.05, 0.1) is 54.5 Å². The zero-order valence-electron chi connectivity index (χ0n) is 20.0. The van der Waals surface area contributed by atoms with Crippen LogP contribution in [0.1, 0.15) is 20.7 Å². The van der Waals surface area contributed by atoms with Crippen molar-refractivity contribution in [1.29, 1.82) is 0 Å². The third kappa shape index (κ3) is 7.35. The Hall–Kier alpha value is -4.30. The van der Waals surface area contributed by atoms with Crippen LogP contribution in [-0.4, -0.2) is 86.6 Å². The van der Waals surface area contributed by atoms with E-state index in [1.807, 2.05) is 9.80 Å². The fourth-order valence-corrected chi connectivity index (χ4v) is 3.77. The van der Waals surface area contributed by atoms with Crippen LogP contribution in [0, 0.1) is 20.2 Å². The predicted molar refractivity (Wildman–Crippen MR) is 131 cm³/mol. The van der Waals surface area contributed by atoms with Gasteiger partial charge in [0, 0.05) is 61.8 Å². The van der Waals surface area contributed by atoms with E-state index in [0.29, 0.717) is 64.0 Å². The number of carbonyl (C=O) groups excluding carboxylic acids is 1. The van der Waals surface area contributed by atoms with Crippen molar-refractivity contribution in [3.63, 3.8) is 0 Å². The highest BCUT2D eigenvalue weighted by molar-refractivity contribution is 5.91. The predicted octanol–water partition coefficient (Wildman–Crippen LogP) is 2.35. The van der Waals surface area contributed by atoms with Crippen LogP contribution in [0.4, 0.5) is 22.7 Å². The second kappa shape index (κ2) is 12.6. The van der Waals surface area contributed by atoms with Crippen LogP contribution < -0.4 is 9.80 Å². The first-order chi connectivity index (χ1) is 17.7. The van der Waals surface area contributed by atoms with Crippen molar-refractivity contribution < 1.29 is 38.8 Å². The summed E-state index contributed by atoms with van der Waals surface area (Å²) in [5, 5.41) is 30.6. The Bertz CT molecular complexity index is 1130. The third-order valence-electron chi connectivity index (χ3n) is 5.65. The highest BCUT2D eigenvalue weighted by atomic mass is 16.6. The molecule has 2 heterocycles. The van der Waals surface area contributed by atoms with Gasteiger partial charge in [-0.1, -0.05) is 0 Å². The van der Waals surface area contributed by atoms with E-state index in [0.717, 1.165) is 6.07 Å². The topological polar surface area (TPSA) is 175 Å². The van der Waals surface area contributed by atoms with Gasteiger partial charge in [-0.05, 0) is 12.1 Å². The molecule has 4 rings (SSSR count). The molecule has 2 aliphatic heterocycles. The first-order valence-corrected chi connectivity index (χ1v) is 11.3. The third-order valence-corrected chi connectivity index (χ3v) is 5.65. The molecule has 2 aliphatic rings. The van der Waals surface area contributed by atoms with Gasteiger partial charge < -0.3 is 29.1 Å². The van der Waals surface area contributed by atoms with Crippen molar-refractivity contribution in [3.05, 3.63) is 67.8 Å². The van der Waals surface area contributed by atoms with Crippen molar-refractivity contribution in [3.8, 4) is 0 Å². The second-order valence-corrected chi connectivity index (χ2v) is 7.99. The zero-order chi connectivity index (χ0) is 26.9. The maximum absolute atomic E-state index is 11.5. The summed E-state index contributed by atoms with van der Waals surface area (Å²) in [6.07, 6.45) is 0. The van der Waals surface area contributed by atoms with E-state index in [4.69, 9.17) is 14.6 Å². The fraction of sp³-hybridized carbons (Fsp3) is 0.391. The van der Waals surface area contributed by atoms with E-state index < -0.39 is 21.8 Å². The number of carbonyl (C=O) groups is 2.